The van der Waals surface area contributed by atoms with Gasteiger partial charge in [-0.1, -0.05) is 30.3 Å². The molecule has 0 unspecified atom stereocenters. The predicted molar refractivity (Wildman–Crippen MR) is 102 cm³/mol. The average Bonchev–Trinajstić information content (AvgIpc) is 2.93. The maximum absolute atomic E-state index is 13.0. The molecule has 0 saturated heterocycles. The van der Waals surface area contributed by atoms with Gasteiger partial charge in [0.15, 0.2) is 0 Å². The molecule has 6 nitrogen and oxygen atoms in total. The van der Waals surface area contributed by atoms with Gasteiger partial charge in [-0.2, -0.15) is 0 Å². The Labute approximate surface area is 159 Å². The number of hydrogen-bond donors (Lipinski definition) is 2. The molecule has 144 valence electrons. The van der Waals surface area contributed by atoms with Crippen molar-refractivity contribution < 1.29 is 19.1 Å². The maximum Gasteiger partial charge on any atom is 0.340 e. The first-order valence-corrected chi connectivity index (χ1v) is 9.22. The first-order chi connectivity index (χ1) is 13.0. The van der Waals surface area contributed by atoms with Crippen LogP contribution in [0.1, 0.15) is 56.9 Å². The van der Waals surface area contributed by atoms with Crippen LogP contribution >= 0.6 is 0 Å². The third kappa shape index (κ3) is 3.76. The number of benzene rings is 1. The Hall–Kier alpha value is -2.60. The number of aromatic amines is 1. The SMILES string of the molecule is COCCOC(=O)c1c(C)[nH]c(C(=O)NC2(c3ccccc3)CCC2)c1C. The van der Waals surface area contributed by atoms with Crippen LogP contribution in [0.25, 0.3) is 0 Å². The van der Waals surface area contributed by atoms with Crippen LogP contribution in [0, 0.1) is 13.8 Å². The number of amides is 1. The van der Waals surface area contributed by atoms with Crippen molar-refractivity contribution >= 4 is 11.9 Å². The average molecular weight is 370 g/mol. The minimum absolute atomic E-state index is 0.179. The number of rotatable bonds is 7. The number of nitrogens with one attached hydrogen (secondary N) is 2. The number of carbonyl (C=O) groups is 2. The van der Waals surface area contributed by atoms with E-state index < -0.39 is 5.97 Å². The lowest BCUT2D eigenvalue weighted by Crippen LogP contribution is -2.51. The van der Waals surface area contributed by atoms with Crippen LogP contribution in [0.2, 0.25) is 0 Å². The minimum Gasteiger partial charge on any atom is -0.460 e. The van der Waals surface area contributed by atoms with E-state index in [1.54, 1.807) is 21.0 Å². The quantitative estimate of drug-likeness (QED) is 0.579. The molecule has 1 fully saturated rings. The summed E-state index contributed by atoms with van der Waals surface area (Å²) < 4.78 is 10.1. The van der Waals surface area contributed by atoms with E-state index >= 15 is 0 Å². The van der Waals surface area contributed by atoms with Gasteiger partial charge in [-0.05, 0) is 44.2 Å². The Morgan fingerprint density at radius 3 is 2.44 bits per heavy atom. The fourth-order valence-electron chi connectivity index (χ4n) is 3.63. The molecule has 2 N–H and O–H groups in total. The highest BCUT2D eigenvalue weighted by Gasteiger charge is 2.40. The summed E-state index contributed by atoms with van der Waals surface area (Å²) in [7, 11) is 1.55. The third-order valence-corrected chi connectivity index (χ3v) is 5.28. The molecule has 1 aliphatic rings. The van der Waals surface area contributed by atoms with E-state index in [0.29, 0.717) is 29.1 Å². The van der Waals surface area contributed by atoms with Crippen LogP contribution in [0.4, 0.5) is 0 Å². The molecular formula is C21H26N2O4. The number of methoxy groups -OCH3 is 1. The van der Waals surface area contributed by atoms with Gasteiger partial charge >= 0.3 is 5.97 Å². The molecule has 1 amide bonds. The summed E-state index contributed by atoms with van der Waals surface area (Å²) >= 11 is 0. The topological polar surface area (TPSA) is 80.4 Å². The van der Waals surface area contributed by atoms with E-state index in [0.717, 1.165) is 24.8 Å². The Balaban J connectivity index is 1.79. The molecule has 0 bridgehead atoms. The maximum atomic E-state index is 13.0. The van der Waals surface area contributed by atoms with Crippen LogP contribution in [0.15, 0.2) is 30.3 Å². The number of carbonyl (C=O) groups excluding carboxylic acids is 2. The van der Waals surface area contributed by atoms with Crippen LogP contribution in [0.5, 0.6) is 0 Å². The number of aromatic nitrogens is 1. The number of aryl methyl sites for hydroxylation is 1. The number of H-pyrrole nitrogens is 1. The molecule has 27 heavy (non-hydrogen) atoms. The highest BCUT2D eigenvalue weighted by Crippen LogP contribution is 2.41. The Kier molecular flexibility index (Phi) is 5.65. The van der Waals surface area contributed by atoms with Crippen molar-refractivity contribution in [1.82, 2.24) is 10.3 Å². The fourth-order valence-corrected chi connectivity index (χ4v) is 3.63. The molecular weight excluding hydrogens is 344 g/mol. The zero-order chi connectivity index (χ0) is 19.4. The van der Waals surface area contributed by atoms with Crippen molar-refractivity contribution in [3.05, 3.63) is 58.4 Å². The van der Waals surface area contributed by atoms with Gasteiger partial charge in [-0.3, -0.25) is 4.79 Å². The second-order valence-electron chi connectivity index (χ2n) is 7.01. The van der Waals surface area contributed by atoms with Crippen molar-refractivity contribution in [2.75, 3.05) is 20.3 Å². The third-order valence-electron chi connectivity index (χ3n) is 5.28. The highest BCUT2D eigenvalue weighted by molar-refractivity contribution is 6.00. The molecule has 0 atom stereocenters. The van der Waals surface area contributed by atoms with Gasteiger partial charge in [0.2, 0.25) is 0 Å². The first-order valence-electron chi connectivity index (χ1n) is 9.22. The predicted octanol–water partition coefficient (Wildman–Crippen LogP) is 3.24. The normalized spacial score (nSPS) is 15.1. The standard InChI is InChI=1S/C21H26N2O4/c1-14-17(20(25)27-13-12-26-3)15(2)22-18(14)19(24)23-21(10-7-11-21)16-8-5-4-6-9-16/h4-6,8-9,22H,7,10-13H2,1-3H3,(H,23,24). The van der Waals surface area contributed by atoms with E-state index in [1.807, 2.05) is 30.3 Å². The summed E-state index contributed by atoms with van der Waals surface area (Å²) in [5, 5.41) is 3.19. The Morgan fingerprint density at radius 2 is 1.85 bits per heavy atom. The molecule has 0 aliphatic heterocycles. The number of esters is 1. The van der Waals surface area contributed by atoms with E-state index in [1.165, 1.54) is 0 Å². The van der Waals surface area contributed by atoms with Gasteiger partial charge < -0.3 is 19.8 Å². The van der Waals surface area contributed by atoms with Gasteiger partial charge in [0.05, 0.1) is 17.7 Å². The second-order valence-corrected chi connectivity index (χ2v) is 7.01. The van der Waals surface area contributed by atoms with Crippen molar-refractivity contribution in [2.24, 2.45) is 0 Å². The summed E-state index contributed by atoms with van der Waals surface area (Å²) in [6.45, 7) is 4.05. The zero-order valence-electron chi connectivity index (χ0n) is 16.1. The molecule has 0 radical (unpaired) electrons. The number of hydrogen-bond acceptors (Lipinski definition) is 4. The van der Waals surface area contributed by atoms with Crippen molar-refractivity contribution in [1.29, 1.82) is 0 Å². The van der Waals surface area contributed by atoms with E-state index in [2.05, 4.69) is 10.3 Å². The molecule has 1 aromatic carbocycles. The van der Waals surface area contributed by atoms with E-state index in [9.17, 15) is 9.59 Å². The molecule has 2 aromatic rings. The Bertz CT molecular complexity index is 822. The van der Waals surface area contributed by atoms with E-state index in [4.69, 9.17) is 9.47 Å². The van der Waals surface area contributed by atoms with E-state index in [-0.39, 0.29) is 18.1 Å². The summed E-state index contributed by atoms with van der Waals surface area (Å²) in [5.74, 6) is -0.645. The second kappa shape index (κ2) is 7.96. The number of ether oxygens (including phenoxy) is 2. The highest BCUT2D eigenvalue weighted by atomic mass is 16.6. The van der Waals surface area contributed by atoms with Gasteiger partial charge in [0, 0.05) is 12.8 Å². The summed E-state index contributed by atoms with van der Waals surface area (Å²) in [6, 6.07) is 10.0. The van der Waals surface area contributed by atoms with Crippen molar-refractivity contribution in [3.63, 3.8) is 0 Å². The fraction of sp³-hybridized carbons (Fsp3) is 0.429. The van der Waals surface area contributed by atoms with Gasteiger partial charge in [0.25, 0.3) is 5.91 Å². The molecule has 6 heteroatoms. The largest absolute Gasteiger partial charge is 0.460 e. The van der Waals surface area contributed by atoms with Gasteiger partial charge in [-0.15, -0.1) is 0 Å². The Morgan fingerprint density at radius 1 is 1.15 bits per heavy atom. The molecule has 1 saturated carbocycles. The molecule has 1 heterocycles. The lowest BCUT2D eigenvalue weighted by molar-refractivity contribution is 0.0387. The van der Waals surface area contributed by atoms with Crippen LogP contribution in [0.3, 0.4) is 0 Å². The lowest BCUT2D eigenvalue weighted by atomic mass is 9.71. The lowest BCUT2D eigenvalue weighted by Gasteiger charge is -2.43. The summed E-state index contributed by atoms with van der Waals surface area (Å²) in [4.78, 5) is 28.4. The minimum atomic E-state index is -0.446. The van der Waals surface area contributed by atoms with Crippen LogP contribution in [-0.2, 0) is 15.0 Å². The smallest absolute Gasteiger partial charge is 0.340 e. The molecule has 1 aliphatic carbocycles. The van der Waals surface area contributed by atoms with Gasteiger partial charge in [0.1, 0.15) is 12.3 Å². The monoisotopic (exact) mass is 370 g/mol. The summed E-state index contributed by atoms with van der Waals surface area (Å²) in [6.07, 6.45) is 2.90. The zero-order valence-corrected chi connectivity index (χ0v) is 16.1. The van der Waals surface area contributed by atoms with Crippen molar-refractivity contribution in [3.8, 4) is 0 Å². The summed E-state index contributed by atoms with van der Waals surface area (Å²) in [5.41, 5.74) is 2.84. The first kappa shape index (κ1) is 19.2. The molecule has 0 spiro atoms. The van der Waals surface area contributed by atoms with Gasteiger partial charge in [-0.25, -0.2) is 4.79 Å². The van der Waals surface area contributed by atoms with Crippen LogP contribution in [-0.4, -0.2) is 37.2 Å². The van der Waals surface area contributed by atoms with Crippen molar-refractivity contribution in [2.45, 2.75) is 38.6 Å². The molecule has 3 rings (SSSR count). The molecule has 1 aromatic heterocycles. The van der Waals surface area contributed by atoms with Crippen LogP contribution < -0.4 is 5.32 Å².